The van der Waals surface area contributed by atoms with E-state index >= 15 is 0 Å². The van der Waals surface area contributed by atoms with Crippen molar-refractivity contribution in [2.75, 3.05) is 12.9 Å². The van der Waals surface area contributed by atoms with E-state index in [0.29, 0.717) is 23.1 Å². The largest absolute Gasteiger partial charge is 0.473 e. The first-order valence-corrected chi connectivity index (χ1v) is 13.9. The summed E-state index contributed by atoms with van der Waals surface area (Å²) in [5, 5.41) is 9.85. The van der Waals surface area contributed by atoms with Gasteiger partial charge < -0.3 is 9.26 Å². The van der Waals surface area contributed by atoms with E-state index in [2.05, 4.69) is 115 Å². The van der Waals surface area contributed by atoms with Gasteiger partial charge in [0.1, 0.15) is 6.61 Å². The molecule has 0 aliphatic heterocycles. The summed E-state index contributed by atoms with van der Waals surface area (Å²) in [6, 6.07) is 37.2. The molecule has 1 aromatic heterocycles. The van der Waals surface area contributed by atoms with Crippen LogP contribution < -0.4 is 10.1 Å². The summed E-state index contributed by atoms with van der Waals surface area (Å²) < 4.78 is 11.8. The second kappa shape index (κ2) is 11.4. The summed E-state index contributed by atoms with van der Waals surface area (Å²) in [4.78, 5) is 0. The van der Waals surface area contributed by atoms with Gasteiger partial charge in [-0.15, -0.1) is 0 Å². The van der Waals surface area contributed by atoms with E-state index < -0.39 is 5.54 Å². The first-order valence-electron chi connectivity index (χ1n) is 12.3. The van der Waals surface area contributed by atoms with Crippen LogP contribution in [0.1, 0.15) is 23.6 Å². The van der Waals surface area contributed by atoms with E-state index in [0.717, 1.165) is 22.1 Å². The Morgan fingerprint density at radius 1 is 0.865 bits per heavy atom. The van der Waals surface area contributed by atoms with Gasteiger partial charge in [0, 0.05) is 10.3 Å². The van der Waals surface area contributed by atoms with E-state index in [9.17, 15) is 0 Å². The fourth-order valence-corrected chi connectivity index (χ4v) is 5.36. The number of nitrogens with one attached hydrogen (secondary N) is 1. The molecule has 5 rings (SSSR count). The molecule has 37 heavy (non-hydrogen) atoms. The Hall–Kier alpha value is -3.25. The Labute approximate surface area is 227 Å². The van der Waals surface area contributed by atoms with Crippen LogP contribution in [0, 0.1) is 0 Å². The normalized spacial score (nSPS) is 13.4. The highest BCUT2D eigenvalue weighted by molar-refractivity contribution is 7.99. The number of aromatic nitrogens is 1. The van der Waals surface area contributed by atoms with Gasteiger partial charge in [0.15, 0.2) is 5.58 Å². The summed E-state index contributed by atoms with van der Waals surface area (Å²) in [7, 11) is 0. The van der Waals surface area contributed by atoms with Crippen LogP contribution in [0.5, 0.6) is 5.88 Å². The lowest BCUT2D eigenvalue weighted by Gasteiger charge is -2.41. The molecule has 0 spiro atoms. The molecule has 188 valence electrons. The van der Waals surface area contributed by atoms with Crippen molar-refractivity contribution in [2.45, 2.75) is 23.8 Å². The van der Waals surface area contributed by atoms with E-state index in [1.54, 1.807) is 17.8 Å². The minimum absolute atomic E-state index is 0.0402. The number of nitrogens with zero attached hydrogens (tertiary/aromatic N) is 1. The Morgan fingerprint density at radius 3 is 1.92 bits per heavy atom. The summed E-state index contributed by atoms with van der Waals surface area (Å²) >= 11 is 8.03. The fourth-order valence-electron chi connectivity index (χ4n) is 4.71. The van der Waals surface area contributed by atoms with Crippen LogP contribution in [0.15, 0.2) is 114 Å². The third kappa shape index (κ3) is 5.26. The Bertz CT molecular complexity index is 1330. The molecular weight excluding hydrogens is 500 g/mol. The van der Waals surface area contributed by atoms with Crippen molar-refractivity contribution in [3.05, 3.63) is 131 Å². The standard InChI is InChI=1S/C31H29ClN2O2S/c1-22(37-2)28(21-35-30-27-20-26(32)18-19-29(27)36-34-30)33-31(23-12-6-3-7-13-23,24-14-8-4-9-15-24)25-16-10-5-11-17-25/h3-20,22,28,33H,21H2,1-2H3/t22?,28-/m1/s1. The van der Waals surface area contributed by atoms with Crippen LogP contribution >= 0.6 is 23.4 Å². The Balaban J connectivity index is 1.58. The molecule has 0 bridgehead atoms. The maximum atomic E-state index is 6.31. The minimum atomic E-state index is -0.600. The quantitative estimate of drug-likeness (QED) is 0.189. The molecule has 6 heteroatoms. The third-order valence-corrected chi connectivity index (χ3v) is 8.07. The maximum Gasteiger partial charge on any atom is 0.262 e. The van der Waals surface area contributed by atoms with E-state index in [1.165, 1.54) is 0 Å². The molecule has 2 atom stereocenters. The van der Waals surface area contributed by atoms with Crippen molar-refractivity contribution in [1.29, 1.82) is 0 Å². The van der Waals surface area contributed by atoms with Crippen LogP contribution in [0.4, 0.5) is 0 Å². The molecule has 0 amide bonds. The van der Waals surface area contributed by atoms with Crippen molar-refractivity contribution in [1.82, 2.24) is 10.5 Å². The molecule has 0 aliphatic rings. The van der Waals surface area contributed by atoms with Crippen LogP contribution in [0.2, 0.25) is 5.02 Å². The summed E-state index contributed by atoms with van der Waals surface area (Å²) in [6.45, 7) is 2.61. The van der Waals surface area contributed by atoms with Crippen molar-refractivity contribution in [3.8, 4) is 5.88 Å². The first-order chi connectivity index (χ1) is 18.1. The van der Waals surface area contributed by atoms with Crippen LogP contribution in [-0.4, -0.2) is 29.3 Å². The van der Waals surface area contributed by atoms with Crippen LogP contribution in [0.3, 0.4) is 0 Å². The highest BCUT2D eigenvalue weighted by atomic mass is 35.5. The predicted molar refractivity (Wildman–Crippen MR) is 154 cm³/mol. The monoisotopic (exact) mass is 528 g/mol. The van der Waals surface area contributed by atoms with Crippen molar-refractivity contribution < 1.29 is 9.26 Å². The minimum Gasteiger partial charge on any atom is -0.473 e. The van der Waals surface area contributed by atoms with Gasteiger partial charge in [0.05, 0.1) is 17.0 Å². The van der Waals surface area contributed by atoms with Crippen molar-refractivity contribution in [2.24, 2.45) is 0 Å². The summed E-state index contributed by atoms with van der Waals surface area (Å²) in [5.41, 5.74) is 3.52. The number of halogens is 1. The van der Waals surface area contributed by atoms with Gasteiger partial charge in [-0.2, -0.15) is 11.8 Å². The van der Waals surface area contributed by atoms with Crippen molar-refractivity contribution in [3.63, 3.8) is 0 Å². The lowest BCUT2D eigenvalue weighted by atomic mass is 9.76. The first kappa shape index (κ1) is 25.4. The smallest absolute Gasteiger partial charge is 0.262 e. The number of hydrogen-bond donors (Lipinski definition) is 1. The van der Waals surface area contributed by atoms with E-state index in [4.69, 9.17) is 20.9 Å². The lowest BCUT2D eigenvalue weighted by Crippen LogP contribution is -2.54. The highest BCUT2D eigenvalue weighted by Gasteiger charge is 2.39. The lowest BCUT2D eigenvalue weighted by molar-refractivity contribution is 0.225. The molecule has 1 N–H and O–H groups in total. The second-order valence-electron chi connectivity index (χ2n) is 8.98. The zero-order valence-electron chi connectivity index (χ0n) is 20.8. The average molecular weight is 529 g/mol. The van der Waals surface area contributed by atoms with Crippen LogP contribution in [-0.2, 0) is 5.54 Å². The van der Waals surface area contributed by atoms with Gasteiger partial charge in [-0.1, -0.05) is 110 Å². The number of rotatable bonds is 10. The summed E-state index contributed by atoms with van der Waals surface area (Å²) in [6.07, 6.45) is 2.12. The Morgan fingerprint density at radius 2 is 1.41 bits per heavy atom. The topological polar surface area (TPSA) is 47.3 Å². The van der Waals surface area contributed by atoms with Gasteiger partial charge >= 0.3 is 0 Å². The number of benzene rings is 4. The zero-order valence-corrected chi connectivity index (χ0v) is 22.4. The second-order valence-corrected chi connectivity index (χ2v) is 10.6. The van der Waals surface area contributed by atoms with Gasteiger partial charge in [0.25, 0.3) is 5.88 Å². The molecule has 4 aromatic carbocycles. The van der Waals surface area contributed by atoms with Crippen molar-refractivity contribution >= 4 is 34.3 Å². The van der Waals surface area contributed by atoms with Gasteiger partial charge in [-0.05, 0) is 46.3 Å². The molecule has 0 aliphatic carbocycles. The Kier molecular flexibility index (Phi) is 7.85. The van der Waals surface area contributed by atoms with Gasteiger partial charge in [-0.3, -0.25) is 5.32 Å². The number of thioether (sulfide) groups is 1. The van der Waals surface area contributed by atoms with E-state index in [1.807, 2.05) is 12.1 Å². The van der Waals surface area contributed by atoms with E-state index in [-0.39, 0.29) is 11.3 Å². The predicted octanol–water partition coefficient (Wildman–Crippen LogP) is 7.56. The SMILES string of the molecule is CSC(C)[C@@H](COc1noc2ccc(Cl)cc12)NC(c1ccccc1)(c1ccccc1)c1ccccc1. The molecule has 0 saturated carbocycles. The maximum absolute atomic E-state index is 6.31. The average Bonchev–Trinajstić information content (AvgIpc) is 3.36. The number of fused-ring (bicyclic) bond motifs is 1. The molecule has 1 unspecified atom stereocenters. The molecule has 4 nitrogen and oxygen atoms in total. The van der Waals surface area contributed by atoms with Gasteiger partial charge in [0.2, 0.25) is 0 Å². The molecule has 0 radical (unpaired) electrons. The van der Waals surface area contributed by atoms with Gasteiger partial charge in [-0.25, -0.2) is 0 Å². The summed E-state index contributed by atoms with van der Waals surface area (Å²) in [5.74, 6) is 0.447. The fraction of sp³-hybridized carbons (Fsp3) is 0.194. The molecule has 1 heterocycles. The number of hydrogen-bond acceptors (Lipinski definition) is 5. The number of ether oxygens (including phenoxy) is 1. The van der Waals surface area contributed by atoms with Crippen LogP contribution in [0.25, 0.3) is 11.0 Å². The molecular formula is C31H29ClN2O2S. The molecule has 0 saturated heterocycles. The third-order valence-electron chi connectivity index (χ3n) is 6.76. The molecule has 5 aromatic rings. The molecule has 0 fully saturated rings. The highest BCUT2D eigenvalue weighted by Crippen LogP contribution is 2.38. The zero-order chi connectivity index (χ0) is 25.7.